The summed E-state index contributed by atoms with van der Waals surface area (Å²) < 4.78 is 8.07. The van der Waals surface area contributed by atoms with Crippen LogP contribution in [0.3, 0.4) is 0 Å². The van der Waals surface area contributed by atoms with Crippen LogP contribution >= 0.6 is 0 Å². The minimum Gasteiger partial charge on any atom is -0.487 e. The monoisotopic (exact) mass is 466 g/mol. The normalized spacial score (nSPS) is 11.4. The number of pyridine rings is 1. The number of hydrogen-bond donors (Lipinski definition) is 2. The highest BCUT2D eigenvalue weighted by Crippen LogP contribution is 2.31. The van der Waals surface area contributed by atoms with Crippen LogP contribution in [0.15, 0.2) is 72.8 Å². The second kappa shape index (κ2) is 9.10. The molecule has 3 N–H and O–H groups in total. The average Bonchev–Trinajstić information content (AvgIpc) is 3.21. The maximum Gasteiger partial charge on any atom is 0.307 e. The zero-order valence-corrected chi connectivity index (χ0v) is 19.6. The summed E-state index contributed by atoms with van der Waals surface area (Å²) in [4.78, 5) is 15.6. The lowest BCUT2D eigenvalue weighted by Gasteiger charge is -2.09. The predicted octanol–water partition coefficient (Wildman–Crippen LogP) is 5.62. The van der Waals surface area contributed by atoms with Crippen LogP contribution in [0.1, 0.15) is 31.1 Å². The van der Waals surface area contributed by atoms with E-state index in [2.05, 4.69) is 43.1 Å². The Morgan fingerprint density at radius 3 is 2.60 bits per heavy atom. The quantitative estimate of drug-likeness (QED) is 0.323. The van der Waals surface area contributed by atoms with E-state index in [-0.39, 0.29) is 19.1 Å². The van der Waals surface area contributed by atoms with Crippen molar-refractivity contribution >= 4 is 33.6 Å². The number of benzene rings is 3. The van der Waals surface area contributed by atoms with Crippen molar-refractivity contribution in [1.82, 2.24) is 14.8 Å². The largest absolute Gasteiger partial charge is 0.487 e. The number of rotatable bonds is 7. The molecule has 0 aliphatic rings. The molecule has 0 fully saturated rings. The molecule has 7 heteroatoms. The summed E-state index contributed by atoms with van der Waals surface area (Å²) in [6.45, 7) is 4.42. The summed E-state index contributed by atoms with van der Waals surface area (Å²) >= 11 is 0. The zero-order valence-electron chi connectivity index (χ0n) is 19.6. The second-order valence-corrected chi connectivity index (χ2v) is 8.83. The third-order valence-electron chi connectivity index (χ3n) is 5.99. The van der Waals surface area contributed by atoms with Gasteiger partial charge < -0.3 is 15.6 Å². The highest BCUT2D eigenvalue weighted by Gasteiger charge is 2.16. The fourth-order valence-electron chi connectivity index (χ4n) is 4.31. The molecular weight excluding hydrogens is 440 g/mol. The van der Waals surface area contributed by atoms with Gasteiger partial charge in [0, 0.05) is 22.4 Å². The molecule has 0 bridgehead atoms. The number of ether oxygens (including phenoxy) is 1. The molecule has 35 heavy (non-hydrogen) atoms. The highest BCUT2D eigenvalue weighted by atomic mass is 16.5. The molecule has 5 rings (SSSR count). The Bertz CT molecular complexity index is 1560. The molecule has 7 nitrogen and oxygen atoms in total. The number of carboxylic acids is 1. The second-order valence-electron chi connectivity index (χ2n) is 8.83. The van der Waals surface area contributed by atoms with Crippen LogP contribution in [0.4, 0.5) is 5.82 Å². The number of aromatic nitrogens is 3. The predicted molar refractivity (Wildman–Crippen MR) is 137 cm³/mol. The summed E-state index contributed by atoms with van der Waals surface area (Å²) in [7, 11) is 0. The van der Waals surface area contributed by atoms with Crippen molar-refractivity contribution in [2.75, 3.05) is 5.73 Å². The standard InChI is InChI=1S/C28H26N4O3/c1-17(2)32-25-11-8-19(18-7-10-23-20(13-18)9-12-27(29)30-23)14-22(25)24(31-32)16-35-26-6-4-3-5-21(26)15-28(33)34/h3-14,17H,15-16H2,1-2H3,(H2,29,30)(H,33,34). The van der Waals surface area contributed by atoms with Crippen molar-refractivity contribution in [2.45, 2.75) is 32.9 Å². The molecule has 0 radical (unpaired) electrons. The number of carboxylic acid groups (broad SMARTS) is 1. The SMILES string of the molecule is CC(C)n1nc(COc2ccccc2CC(=O)O)c2cc(-c3ccc4nc(N)ccc4c3)ccc21. The Morgan fingerprint density at radius 2 is 1.80 bits per heavy atom. The van der Waals surface area contributed by atoms with Crippen molar-refractivity contribution in [3.63, 3.8) is 0 Å². The lowest BCUT2D eigenvalue weighted by Crippen LogP contribution is -2.06. The number of anilines is 1. The van der Waals surface area contributed by atoms with Crippen LogP contribution in [0.25, 0.3) is 32.9 Å². The zero-order chi connectivity index (χ0) is 24.5. The van der Waals surface area contributed by atoms with Crippen LogP contribution < -0.4 is 10.5 Å². The third kappa shape index (κ3) is 4.53. The van der Waals surface area contributed by atoms with Crippen LogP contribution in [-0.2, 0) is 17.8 Å². The van der Waals surface area contributed by atoms with E-state index >= 15 is 0 Å². The fraction of sp³-hybridized carbons (Fsp3) is 0.179. The Hall–Kier alpha value is -4.39. The fourth-order valence-corrected chi connectivity index (χ4v) is 4.31. The summed E-state index contributed by atoms with van der Waals surface area (Å²) in [6.07, 6.45) is -0.0933. The number of carbonyl (C=O) groups is 1. The first kappa shape index (κ1) is 22.4. The number of para-hydroxylation sites is 1. The first-order valence-electron chi connectivity index (χ1n) is 11.5. The Balaban J connectivity index is 1.53. The summed E-state index contributed by atoms with van der Waals surface area (Å²) in [6, 6.07) is 23.6. The molecule has 176 valence electrons. The van der Waals surface area contributed by atoms with E-state index in [0.29, 0.717) is 17.1 Å². The van der Waals surface area contributed by atoms with Gasteiger partial charge in [0.05, 0.1) is 17.5 Å². The van der Waals surface area contributed by atoms with Gasteiger partial charge in [-0.3, -0.25) is 9.48 Å². The molecule has 0 saturated heterocycles. The van der Waals surface area contributed by atoms with Crippen molar-refractivity contribution in [3.8, 4) is 16.9 Å². The van der Waals surface area contributed by atoms with Gasteiger partial charge in [0.25, 0.3) is 0 Å². The molecular formula is C28H26N4O3. The number of hydrogen-bond acceptors (Lipinski definition) is 5. The maximum absolute atomic E-state index is 11.2. The Morgan fingerprint density at radius 1 is 1.03 bits per heavy atom. The lowest BCUT2D eigenvalue weighted by atomic mass is 10.0. The van der Waals surface area contributed by atoms with Crippen LogP contribution in [0.5, 0.6) is 5.75 Å². The molecule has 0 aliphatic heterocycles. The van der Waals surface area contributed by atoms with E-state index in [4.69, 9.17) is 15.6 Å². The molecule has 0 unspecified atom stereocenters. The van der Waals surface area contributed by atoms with Gasteiger partial charge in [0.1, 0.15) is 23.9 Å². The Kier molecular flexibility index (Phi) is 5.82. The number of aliphatic carboxylic acids is 1. The molecule has 3 aromatic carbocycles. The van der Waals surface area contributed by atoms with E-state index < -0.39 is 5.97 Å². The maximum atomic E-state index is 11.2. The van der Waals surface area contributed by atoms with Gasteiger partial charge in [0.15, 0.2) is 0 Å². The molecule has 0 spiro atoms. The van der Waals surface area contributed by atoms with Crippen LogP contribution in [0, 0.1) is 0 Å². The van der Waals surface area contributed by atoms with Crippen molar-refractivity contribution < 1.29 is 14.6 Å². The number of nitrogens with two attached hydrogens (primary N) is 1. The lowest BCUT2D eigenvalue weighted by molar-refractivity contribution is -0.136. The smallest absolute Gasteiger partial charge is 0.307 e. The minimum absolute atomic E-state index is 0.0933. The number of nitrogen functional groups attached to an aromatic ring is 1. The van der Waals surface area contributed by atoms with E-state index in [1.165, 1.54) is 0 Å². The average molecular weight is 467 g/mol. The molecule has 0 aliphatic carbocycles. The van der Waals surface area contributed by atoms with E-state index in [0.717, 1.165) is 38.6 Å². The molecule has 2 aromatic heterocycles. The van der Waals surface area contributed by atoms with Crippen molar-refractivity contribution in [1.29, 1.82) is 0 Å². The molecule has 0 saturated carbocycles. The first-order valence-corrected chi connectivity index (χ1v) is 11.5. The van der Waals surface area contributed by atoms with E-state index in [1.807, 2.05) is 35.0 Å². The van der Waals surface area contributed by atoms with Crippen LogP contribution in [0.2, 0.25) is 0 Å². The summed E-state index contributed by atoms with van der Waals surface area (Å²) in [5, 5.41) is 16.1. The van der Waals surface area contributed by atoms with Gasteiger partial charge in [-0.1, -0.05) is 30.3 Å². The highest BCUT2D eigenvalue weighted by molar-refractivity contribution is 5.90. The Labute approximate surface area is 202 Å². The van der Waals surface area contributed by atoms with Crippen molar-refractivity contribution in [3.05, 3.63) is 84.1 Å². The van der Waals surface area contributed by atoms with Crippen molar-refractivity contribution in [2.24, 2.45) is 0 Å². The third-order valence-corrected chi connectivity index (χ3v) is 5.99. The van der Waals surface area contributed by atoms with Gasteiger partial charge in [-0.15, -0.1) is 0 Å². The molecule has 0 atom stereocenters. The first-order chi connectivity index (χ1) is 16.9. The minimum atomic E-state index is -0.895. The van der Waals surface area contributed by atoms with Gasteiger partial charge in [0.2, 0.25) is 0 Å². The molecule has 5 aromatic rings. The van der Waals surface area contributed by atoms with Gasteiger partial charge in [-0.05, 0) is 67.4 Å². The van der Waals surface area contributed by atoms with E-state index in [1.54, 1.807) is 18.2 Å². The topological polar surface area (TPSA) is 103 Å². The molecule has 0 amide bonds. The van der Waals surface area contributed by atoms with Gasteiger partial charge in [-0.2, -0.15) is 5.10 Å². The van der Waals surface area contributed by atoms with E-state index in [9.17, 15) is 9.90 Å². The van der Waals surface area contributed by atoms with Gasteiger partial charge in [-0.25, -0.2) is 4.98 Å². The summed E-state index contributed by atoms with van der Waals surface area (Å²) in [5.74, 6) is 0.162. The number of fused-ring (bicyclic) bond motifs is 2. The molecule has 2 heterocycles. The summed E-state index contributed by atoms with van der Waals surface area (Å²) in [5.41, 5.74) is 11.3. The van der Waals surface area contributed by atoms with Crippen LogP contribution in [-0.4, -0.2) is 25.8 Å². The number of nitrogens with zero attached hydrogens (tertiary/aromatic N) is 3. The van der Waals surface area contributed by atoms with Gasteiger partial charge >= 0.3 is 5.97 Å².